The Bertz CT molecular complexity index is 1080. The van der Waals surface area contributed by atoms with E-state index in [9.17, 15) is 23.2 Å². The molecule has 2 atom stereocenters. The molecule has 2 aromatic carbocycles. The number of hydrogen-bond donors (Lipinski definition) is 3. The fourth-order valence-corrected chi connectivity index (χ4v) is 4.01. The third-order valence-corrected chi connectivity index (χ3v) is 5.55. The quantitative estimate of drug-likeness (QED) is 0.666. The second kappa shape index (κ2) is 8.50. The molecule has 2 aromatic rings. The number of carbonyl (C=O) groups excluding carboxylic acids is 3. The van der Waals surface area contributed by atoms with E-state index < -0.39 is 35.8 Å². The van der Waals surface area contributed by atoms with Crippen LogP contribution in [0.2, 0.25) is 5.02 Å². The highest BCUT2D eigenvalue weighted by atomic mass is 35.5. The van der Waals surface area contributed by atoms with Crippen LogP contribution < -0.4 is 16.0 Å². The Morgan fingerprint density at radius 2 is 1.94 bits per heavy atom. The van der Waals surface area contributed by atoms with Crippen molar-refractivity contribution in [3.8, 4) is 0 Å². The first-order valence-electron chi connectivity index (χ1n) is 9.63. The van der Waals surface area contributed by atoms with Crippen molar-refractivity contribution in [2.24, 2.45) is 0 Å². The maximum atomic E-state index is 14.6. The van der Waals surface area contributed by atoms with Crippen molar-refractivity contribution in [3.63, 3.8) is 0 Å². The highest BCUT2D eigenvalue weighted by Crippen LogP contribution is 2.36. The molecule has 0 aromatic heterocycles. The summed E-state index contributed by atoms with van der Waals surface area (Å²) in [5.41, 5.74) is 1.25. The van der Waals surface area contributed by atoms with Crippen LogP contribution >= 0.6 is 11.6 Å². The number of amides is 3. The fourth-order valence-electron chi connectivity index (χ4n) is 3.83. The standard InChI is InChI=1S/C21H18ClF2N3O4/c22-14-7-10(1-4-15(14)23)26-20(29)13-2-5-16(24)19-12(13)3-6-17(19)27-21(30)31-11-8-18(28)25-9-11/h1-2,4-5,7,11,17H,3,6,8-9H2,(H,25,28)(H,26,29)(H,27,30)/t11-,17+/m1/s1. The minimum atomic E-state index is -0.755. The summed E-state index contributed by atoms with van der Waals surface area (Å²) >= 11 is 5.74. The average Bonchev–Trinajstić information content (AvgIpc) is 3.31. The van der Waals surface area contributed by atoms with E-state index in [2.05, 4.69) is 16.0 Å². The van der Waals surface area contributed by atoms with Crippen molar-refractivity contribution in [1.29, 1.82) is 0 Å². The first-order chi connectivity index (χ1) is 14.8. The zero-order chi connectivity index (χ0) is 22.1. The maximum absolute atomic E-state index is 14.6. The number of fused-ring (bicyclic) bond motifs is 1. The number of anilines is 1. The monoisotopic (exact) mass is 449 g/mol. The van der Waals surface area contributed by atoms with Crippen LogP contribution in [0.15, 0.2) is 30.3 Å². The number of halogens is 3. The van der Waals surface area contributed by atoms with Gasteiger partial charge in [-0.25, -0.2) is 13.6 Å². The lowest BCUT2D eigenvalue weighted by atomic mass is 10.0. The predicted octanol–water partition coefficient (Wildman–Crippen LogP) is 3.47. The summed E-state index contributed by atoms with van der Waals surface area (Å²) in [5.74, 6) is -1.86. The number of carbonyl (C=O) groups is 3. The van der Waals surface area contributed by atoms with Gasteiger partial charge in [-0.15, -0.1) is 0 Å². The minimum Gasteiger partial charge on any atom is -0.444 e. The molecule has 1 heterocycles. The van der Waals surface area contributed by atoms with E-state index >= 15 is 0 Å². The zero-order valence-corrected chi connectivity index (χ0v) is 16.9. The molecule has 2 aliphatic rings. The summed E-state index contributed by atoms with van der Waals surface area (Å²) in [5, 5.41) is 7.66. The number of alkyl carbamates (subject to hydrolysis) is 1. The van der Waals surface area contributed by atoms with Crippen molar-refractivity contribution >= 4 is 35.2 Å². The molecule has 3 amide bonds. The first-order valence-corrected chi connectivity index (χ1v) is 10.0. The molecule has 7 nitrogen and oxygen atoms in total. The number of nitrogens with one attached hydrogen (secondary N) is 3. The lowest BCUT2D eigenvalue weighted by molar-refractivity contribution is -0.119. The van der Waals surface area contributed by atoms with Crippen molar-refractivity contribution < 1.29 is 27.9 Å². The Kier molecular flexibility index (Phi) is 5.77. The lowest BCUT2D eigenvalue weighted by Crippen LogP contribution is -2.32. The third kappa shape index (κ3) is 4.46. The van der Waals surface area contributed by atoms with E-state index in [4.69, 9.17) is 16.3 Å². The van der Waals surface area contributed by atoms with E-state index in [0.29, 0.717) is 24.1 Å². The van der Waals surface area contributed by atoms with Gasteiger partial charge in [0, 0.05) is 16.8 Å². The largest absolute Gasteiger partial charge is 0.444 e. The van der Waals surface area contributed by atoms with Gasteiger partial charge < -0.3 is 20.7 Å². The van der Waals surface area contributed by atoms with Gasteiger partial charge >= 0.3 is 6.09 Å². The molecule has 3 N–H and O–H groups in total. The highest BCUT2D eigenvalue weighted by molar-refractivity contribution is 6.31. The molecule has 1 fully saturated rings. The van der Waals surface area contributed by atoms with Crippen molar-refractivity contribution in [2.45, 2.75) is 31.4 Å². The number of benzene rings is 2. The minimum absolute atomic E-state index is 0.0841. The summed E-state index contributed by atoms with van der Waals surface area (Å²) < 4.78 is 33.1. The average molecular weight is 450 g/mol. The molecule has 1 aliphatic carbocycles. The Hall–Kier alpha value is -3.20. The molecule has 0 bridgehead atoms. The van der Waals surface area contributed by atoms with Crippen LogP contribution in [0.5, 0.6) is 0 Å². The van der Waals surface area contributed by atoms with Gasteiger partial charge in [-0.1, -0.05) is 11.6 Å². The van der Waals surface area contributed by atoms with E-state index in [-0.39, 0.29) is 35.0 Å². The van der Waals surface area contributed by atoms with Crippen molar-refractivity contribution in [2.75, 3.05) is 11.9 Å². The summed E-state index contributed by atoms with van der Waals surface area (Å²) in [7, 11) is 0. The topological polar surface area (TPSA) is 96.5 Å². The lowest BCUT2D eigenvalue weighted by Gasteiger charge is -2.17. The molecule has 31 heavy (non-hydrogen) atoms. The second-order valence-electron chi connectivity index (χ2n) is 7.34. The number of ether oxygens (including phenoxy) is 1. The molecule has 4 rings (SSSR count). The summed E-state index contributed by atoms with van der Waals surface area (Å²) in [6, 6.07) is 5.64. The Morgan fingerprint density at radius 3 is 2.65 bits per heavy atom. The van der Waals surface area contributed by atoms with Gasteiger partial charge in [0.2, 0.25) is 5.91 Å². The molecular weight excluding hydrogens is 432 g/mol. The molecule has 0 radical (unpaired) electrons. The predicted molar refractivity (Wildman–Crippen MR) is 108 cm³/mol. The molecule has 0 spiro atoms. The van der Waals surface area contributed by atoms with Crippen LogP contribution in [0.25, 0.3) is 0 Å². The first kappa shape index (κ1) is 21.0. The molecule has 162 valence electrons. The summed E-state index contributed by atoms with van der Waals surface area (Å²) in [4.78, 5) is 36.2. The van der Waals surface area contributed by atoms with E-state index in [1.165, 1.54) is 18.2 Å². The maximum Gasteiger partial charge on any atom is 0.407 e. The highest BCUT2D eigenvalue weighted by Gasteiger charge is 2.32. The summed E-state index contributed by atoms with van der Waals surface area (Å²) in [6.07, 6.45) is -0.488. The molecule has 0 unspecified atom stereocenters. The van der Waals surface area contributed by atoms with Gasteiger partial charge in [-0.05, 0) is 48.7 Å². The second-order valence-corrected chi connectivity index (χ2v) is 7.75. The van der Waals surface area contributed by atoms with Gasteiger partial charge in [-0.2, -0.15) is 0 Å². The number of rotatable bonds is 4. The van der Waals surface area contributed by atoms with E-state index in [1.807, 2.05) is 0 Å². The van der Waals surface area contributed by atoms with Gasteiger partial charge in [0.15, 0.2) is 0 Å². The molecule has 10 heteroatoms. The summed E-state index contributed by atoms with van der Waals surface area (Å²) in [6.45, 7) is 0.236. The van der Waals surface area contributed by atoms with Gasteiger partial charge in [0.25, 0.3) is 5.91 Å². The van der Waals surface area contributed by atoms with Crippen LogP contribution in [0, 0.1) is 11.6 Å². The van der Waals surface area contributed by atoms with Crippen LogP contribution in [-0.2, 0) is 16.0 Å². The van der Waals surface area contributed by atoms with E-state index in [1.54, 1.807) is 0 Å². The van der Waals surface area contributed by atoms with Gasteiger partial charge in [0.05, 0.1) is 24.0 Å². The smallest absolute Gasteiger partial charge is 0.407 e. The Labute approximate surface area is 181 Å². The Morgan fingerprint density at radius 1 is 1.16 bits per heavy atom. The van der Waals surface area contributed by atoms with Crippen molar-refractivity contribution in [3.05, 3.63) is 63.7 Å². The Balaban J connectivity index is 1.49. The van der Waals surface area contributed by atoms with Crippen LogP contribution in [0.3, 0.4) is 0 Å². The van der Waals surface area contributed by atoms with Crippen LogP contribution in [0.4, 0.5) is 19.3 Å². The zero-order valence-electron chi connectivity index (χ0n) is 16.1. The van der Waals surface area contributed by atoms with Crippen molar-refractivity contribution in [1.82, 2.24) is 10.6 Å². The normalized spacial score (nSPS) is 19.5. The molecular formula is C21H18ClF2N3O4. The van der Waals surface area contributed by atoms with Crippen LogP contribution in [0.1, 0.15) is 40.4 Å². The number of hydrogen-bond acceptors (Lipinski definition) is 4. The van der Waals surface area contributed by atoms with Gasteiger partial charge in [0.1, 0.15) is 17.7 Å². The van der Waals surface area contributed by atoms with Crippen LogP contribution in [-0.4, -0.2) is 30.6 Å². The third-order valence-electron chi connectivity index (χ3n) is 5.26. The molecule has 1 saturated heterocycles. The van der Waals surface area contributed by atoms with E-state index in [0.717, 1.165) is 12.1 Å². The SMILES string of the molecule is O=C1C[C@@H](OC(=O)N[C@H]2CCc3c(C(=O)Nc4ccc(F)c(Cl)c4)ccc(F)c32)CN1. The van der Waals surface area contributed by atoms with Gasteiger partial charge in [-0.3, -0.25) is 9.59 Å². The fraction of sp³-hybridized carbons (Fsp3) is 0.286. The molecule has 1 aliphatic heterocycles. The molecule has 0 saturated carbocycles.